The van der Waals surface area contributed by atoms with Crippen molar-refractivity contribution in [3.8, 4) is 5.75 Å². The third-order valence-electron chi connectivity index (χ3n) is 3.06. The number of rotatable bonds is 4. The Bertz CT molecular complexity index is 434. The van der Waals surface area contributed by atoms with E-state index in [-0.39, 0.29) is 5.92 Å². The topological polar surface area (TPSA) is 43.4 Å². The van der Waals surface area contributed by atoms with Gasteiger partial charge in [0.2, 0.25) is 0 Å². The SMILES string of the molecule is COc1ccc(Br)c(C2CC2(C=O)C=O)c1. The Balaban J connectivity index is 2.35. The Hall–Kier alpha value is -1.16. The Kier molecular flexibility index (Phi) is 2.84. The van der Waals surface area contributed by atoms with E-state index in [2.05, 4.69) is 15.9 Å². The van der Waals surface area contributed by atoms with Gasteiger partial charge in [-0.25, -0.2) is 0 Å². The number of benzene rings is 1. The molecule has 1 unspecified atom stereocenters. The normalized spacial score (nSPS) is 21.2. The average molecular weight is 283 g/mol. The number of hydrogen-bond acceptors (Lipinski definition) is 3. The standard InChI is InChI=1S/C12H11BrO3/c1-16-8-2-3-11(13)9(4-8)10-5-12(10,6-14)7-15/h2-4,6-7,10H,5H2,1H3. The van der Waals surface area contributed by atoms with Crippen molar-refractivity contribution < 1.29 is 14.3 Å². The zero-order valence-corrected chi connectivity index (χ0v) is 10.4. The number of aldehydes is 2. The molecule has 1 atom stereocenters. The van der Waals surface area contributed by atoms with Crippen LogP contribution in [-0.2, 0) is 9.59 Å². The second-order valence-electron chi connectivity index (χ2n) is 3.99. The maximum absolute atomic E-state index is 10.9. The van der Waals surface area contributed by atoms with Gasteiger partial charge < -0.3 is 14.3 Å². The van der Waals surface area contributed by atoms with Crippen LogP contribution in [0.15, 0.2) is 22.7 Å². The van der Waals surface area contributed by atoms with E-state index in [0.29, 0.717) is 6.42 Å². The molecule has 0 radical (unpaired) electrons. The van der Waals surface area contributed by atoms with Gasteiger partial charge in [0.05, 0.1) is 12.5 Å². The lowest BCUT2D eigenvalue weighted by atomic mass is 10.0. The molecule has 0 heterocycles. The van der Waals surface area contributed by atoms with Crippen LogP contribution in [0.25, 0.3) is 0 Å². The fourth-order valence-corrected chi connectivity index (χ4v) is 2.42. The minimum absolute atomic E-state index is 0.0213. The highest BCUT2D eigenvalue weighted by Gasteiger charge is 2.56. The lowest BCUT2D eigenvalue weighted by Crippen LogP contribution is -2.06. The third kappa shape index (κ3) is 1.67. The Morgan fingerprint density at radius 2 is 2.12 bits per heavy atom. The summed E-state index contributed by atoms with van der Waals surface area (Å²) in [6.07, 6.45) is 2.08. The molecule has 1 saturated carbocycles. The lowest BCUT2D eigenvalue weighted by molar-refractivity contribution is -0.121. The van der Waals surface area contributed by atoms with Gasteiger partial charge in [-0.15, -0.1) is 0 Å². The average Bonchev–Trinajstić information content (AvgIpc) is 3.05. The molecule has 0 aliphatic heterocycles. The van der Waals surface area contributed by atoms with Crippen LogP contribution in [0, 0.1) is 5.41 Å². The van der Waals surface area contributed by atoms with Gasteiger partial charge in [0.1, 0.15) is 18.3 Å². The van der Waals surface area contributed by atoms with Gasteiger partial charge in [0.25, 0.3) is 0 Å². The van der Waals surface area contributed by atoms with E-state index in [0.717, 1.165) is 28.4 Å². The van der Waals surface area contributed by atoms with Crippen molar-refractivity contribution in [2.75, 3.05) is 7.11 Å². The Morgan fingerprint density at radius 1 is 1.44 bits per heavy atom. The summed E-state index contributed by atoms with van der Waals surface area (Å²) in [7, 11) is 1.59. The summed E-state index contributed by atoms with van der Waals surface area (Å²) < 4.78 is 6.03. The Labute approximate surface area is 102 Å². The molecule has 1 aromatic carbocycles. The zero-order valence-electron chi connectivity index (χ0n) is 8.77. The van der Waals surface area contributed by atoms with Gasteiger partial charge in [-0.3, -0.25) is 0 Å². The minimum Gasteiger partial charge on any atom is -0.497 e. The van der Waals surface area contributed by atoms with E-state index < -0.39 is 5.41 Å². The summed E-state index contributed by atoms with van der Waals surface area (Å²) in [5.74, 6) is 0.711. The smallest absolute Gasteiger partial charge is 0.133 e. The molecule has 0 N–H and O–H groups in total. The number of hydrogen-bond donors (Lipinski definition) is 0. The molecular weight excluding hydrogens is 272 g/mol. The van der Waals surface area contributed by atoms with E-state index >= 15 is 0 Å². The number of carbonyl (C=O) groups is 2. The van der Waals surface area contributed by atoms with Crippen molar-refractivity contribution in [1.29, 1.82) is 0 Å². The monoisotopic (exact) mass is 282 g/mol. The largest absolute Gasteiger partial charge is 0.497 e. The van der Waals surface area contributed by atoms with Crippen LogP contribution in [0.3, 0.4) is 0 Å². The zero-order chi connectivity index (χ0) is 11.8. The maximum Gasteiger partial charge on any atom is 0.133 e. The lowest BCUT2D eigenvalue weighted by Gasteiger charge is -2.07. The van der Waals surface area contributed by atoms with Crippen LogP contribution in [0.5, 0.6) is 5.75 Å². The molecule has 4 heteroatoms. The molecule has 1 aliphatic carbocycles. The molecule has 84 valence electrons. The molecule has 0 amide bonds. The summed E-state index contributed by atoms with van der Waals surface area (Å²) in [4.78, 5) is 21.8. The highest BCUT2D eigenvalue weighted by atomic mass is 79.9. The van der Waals surface area contributed by atoms with Crippen LogP contribution >= 0.6 is 15.9 Å². The van der Waals surface area contributed by atoms with Crippen LogP contribution in [0.4, 0.5) is 0 Å². The molecule has 0 aromatic heterocycles. The first-order valence-corrected chi connectivity index (χ1v) is 5.72. The molecule has 1 fully saturated rings. The summed E-state index contributed by atoms with van der Waals surface area (Å²) in [5, 5.41) is 0. The van der Waals surface area contributed by atoms with Crippen LogP contribution in [0.1, 0.15) is 17.9 Å². The molecule has 2 rings (SSSR count). The van der Waals surface area contributed by atoms with E-state index in [1.165, 1.54) is 0 Å². The third-order valence-corrected chi connectivity index (χ3v) is 3.79. The van der Waals surface area contributed by atoms with Gasteiger partial charge in [-0.1, -0.05) is 15.9 Å². The van der Waals surface area contributed by atoms with E-state index in [4.69, 9.17) is 4.74 Å². The number of ether oxygens (including phenoxy) is 1. The van der Waals surface area contributed by atoms with Crippen molar-refractivity contribution in [3.05, 3.63) is 28.2 Å². The summed E-state index contributed by atoms with van der Waals surface area (Å²) in [6.45, 7) is 0. The predicted molar refractivity (Wildman–Crippen MR) is 62.6 cm³/mol. The van der Waals surface area contributed by atoms with Crippen molar-refractivity contribution in [2.45, 2.75) is 12.3 Å². The second kappa shape index (κ2) is 4.01. The van der Waals surface area contributed by atoms with Gasteiger partial charge in [0, 0.05) is 10.4 Å². The molecule has 16 heavy (non-hydrogen) atoms. The van der Waals surface area contributed by atoms with Crippen LogP contribution < -0.4 is 4.74 Å². The molecule has 0 bridgehead atoms. The van der Waals surface area contributed by atoms with Crippen molar-refractivity contribution in [1.82, 2.24) is 0 Å². The summed E-state index contributed by atoms with van der Waals surface area (Å²) in [5.41, 5.74) is 0.146. The molecule has 0 spiro atoms. The summed E-state index contributed by atoms with van der Waals surface area (Å²) in [6, 6.07) is 5.57. The van der Waals surface area contributed by atoms with Gasteiger partial charge in [0.15, 0.2) is 0 Å². The van der Waals surface area contributed by atoms with Gasteiger partial charge >= 0.3 is 0 Å². The Morgan fingerprint density at radius 3 is 2.62 bits per heavy atom. The highest BCUT2D eigenvalue weighted by molar-refractivity contribution is 9.10. The van der Waals surface area contributed by atoms with Crippen LogP contribution in [-0.4, -0.2) is 19.7 Å². The molecule has 1 aliphatic rings. The van der Waals surface area contributed by atoms with Crippen molar-refractivity contribution >= 4 is 28.5 Å². The predicted octanol–water partition coefficient (Wildman–Crippen LogP) is 2.33. The first-order chi connectivity index (χ1) is 7.66. The highest BCUT2D eigenvalue weighted by Crippen LogP contribution is 2.58. The molecule has 3 nitrogen and oxygen atoms in total. The fraction of sp³-hybridized carbons (Fsp3) is 0.333. The fourth-order valence-electron chi connectivity index (χ4n) is 1.90. The minimum atomic E-state index is -0.811. The maximum atomic E-state index is 10.9. The second-order valence-corrected chi connectivity index (χ2v) is 4.85. The number of halogens is 1. The summed E-state index contributed by atoms with van der Waals surface area (Å²) >= 11 is 3.42. The first kappa shape index (κ1) is 11.3. The van der Waals surface area contributed by atoms with E-state index in [9.17, 15) is 9.59 Å². The van der Waals surface area contributed by atoms with Gasteiger partial charge in [-0.05, 0) is 30.2 Å². The first-order valence-electron chi connectivity index (χ1n) is 4.93. The van der Waals surface area contributed by atoms with E-state index in [1.807, 2.05) is 18.2 Å². The number of methoxy groups -OCH3 is 1. The number of carbonyl (C=O) groups excluding carboxylic acids is 2. The molecule has 1 aromatic rings. The van der Waals surface area contributed by atoms with Crippen molar-refractivity contribution in [3.63, 3.8) is 0 Å². The van der Waals surface area contributed by atoms with Crippen molar-refractivity contribution in [2.24, 2.45) is 5.41 Å². The molecular formula is C12H11BrO3. The van der Waals surface area contributed by atoms with Gasteiger partial charge in [-0.2, -0.15) is 0 Å². The quantitative estimate of drug-likeness (QED) is 0.629. The molecule has 0 saturated heterocycles. The van der Waals surface area contributed by atoms with Crippen LogP contribution in [0.2, 0.25) is 0 Å². The van der Waals surface area contributed by atoms with E-state index in [1.54, 1.807) is 7.11 Å².